The van der Waals surface area contributed by atoms with Crippen molar-refractivity contribution >= 4 is 40.9 Å². The van der Waals surface area contributed by atoms with Gasteiger partial charge in [-0.1, -0.05) is 48.5 Å². The molecule has 0 aliphatic rings. The van der Waals surface area contributed by atoms with Crippen molar-refractivity contribution in [1.29, 1.82) is 0 Å². The molecule has 0 spiro atoms. The summed E-state index contributed by atoms with van der Waals surface area (Å²) in [5.41, 5.74) is 0. The average Bonchev–Trinajstić information content (AvgIpc) is 2.52. The zero-order chi connectivity index (χ0) is 15.1. The monoisotopic (exact) mass is 308 g/mol. The number of fused-ring (bicyclic) bond motifs is 4. The molecule has 0 bridgehead atoms. The first-order chi connectivity index (χ1) is 10.7. The fourth-order valence-corrected chi connectivity index (χ4v) is 3.26. The van der Waals surface area contributed by atoms with Gasteiger partial charge in [0.2, 0.25) is 0 Å². The third-order valence-electron chi connectivity index (χ3n) is 3.87. The maximum Gasteiger partial charge on any atom is 0.391 e. The molecule has 2 N–H and O–H groups in total. The van der Waals surface area contributed by atoms with E-state index < -0.39 is 8.60 Å². The van der Waals surface area contributed by atoms with Crippen LogP contribution in [0.5, 0.6) is 5.75 Å². The highest BCUT2D eigenvalue weighted by Gasteiger charge is 2.11. The topological polar surface area (TPSA) is 49.7 Å². The lowest BCUT2D eigenvalue weighted by molar-refractivity contribution is 0.377. The van der Waals surface area contributed by atoms with Gasteiger partial charge in [-0.05, 0) is 45.1 Å². The molecule has 0 amide bonds. The molecule has 0 unspecified atom stereocenters. The van der Waals surface area contributed by atoms with Crippen molar-refractivity contribution in [3.63, 3.8) is 0 Å². The first-order valence-corrected chi connectivity index (χ1v) is 8.09. The van der Waals surface area contributed by atoms with Crippen molar-refractivity contribution in [2.24, 2.45) is 0 Å². The standard InChI is InChI=1S/C18H13O3P/c19-22(20)21-17-7-3-6-12-8-9-15-10-13-4-1-2-5-14(13)11-16(15)18(12)17/h1-11,19-20H. The van der Waals surface area contributed by atoms with Crippen molar-refractivity contribution in [2.75, 3.05) is 0 Å². The zero-order valence-electron chi connectivity index (χ0n) is 11.6. The van der Waals surface area contributed by atoms with Gasteiger partial charge in [0.1, 0.15) is 5.75 Å². The highest BCUT2D eigenvalue weighted by atomic mass is 31.2. The first kappa shape index (κ1) is 13.5. The molecule has 4 aromatic carbocycles. The normalized spacial score (nSPS) is 11.6. The van der Waals surface area contributed by atoms with Gasteiger partial charge in [-0.3, -0.25) is 0 Å². The predicted molar refractivity (Wildman–Crippen MR) is 90.9 cm³/mol. The Morgan fingerprint density at radius 2 is 1.36 bits per heavy atom. The van der Waals surface area contributed by atoms with Crippen LogP contribution in [0.15, 0.2) is 66.7 Å². The Kier molecular flexibility index (Phi) is 3.20. The molecule has 0 heterocycles. The summed E-state index contributed by atoms with van der Waals surface area (Å²) in [5.74, 6) is 0.495. The summed E-state index contributed by atoms with van der Waals surface area (Å²) in [6.07, 6.45) is 0. The first-order valence-electron chi connectivity index (χ1n) is 6.92. The van der Waals surface area contributed by atoms with Gasteiger partial charge in [-0.25, -0.2) is 0 Å². The highest BCUT2D eigenvalue weighted by molar-refractivity contribution is 7.39. The summed E-state index contributed by atoms with van der Waals surface area (Å²) in [5, 5.41) is 6.39. The van der Waals surface area contributed by atoms with E-state index in [1.54, 1.807) is 6.07 Å². The van der Waals surface area contributed by atoms with E-state index in [-0.39, 0.29) is 0 Å². The van der Waals surface area contributed by atoms with Crippen LogP contribution in [-0.4, -0.2) is 9.79 Å². The van der Waals surface area contributed by atoms with Gasteiger partial charge in [0, 0.05) is 5.39 Å². The number of hydrogen-bond acceptors (Lipinski definition) is 3. The van der Waals surface area contributed by atoms with Crippen LogP contribution in [0.4, 0.5) is 0 Å². The Bertz CT molecular complexity index is 995. The molecule has 4 aromatic rings. The van der Waals surface area contributed by atoms with Gasteiger partial charge in [0.15, 0.2) is 0 Å². The molecule has 4 heteroatoms. The van der Waals surface area contributed by atoms with Crippen molar-refractivity contribution in [3.8, 4) is 5.75 Å². The maximum atomic E-state index is 9.21. The largest absolute Gasteiger partial charge is 0.426 e. The molecule has 0 aromatic heterocycles. The van der Waals surface area contributed by atoms with E-state index in [0.717, 1.165) is 26.9 Å². The van der Waals surface area contributed by atoms with E-state index in [0.29, 0.717) is 5.75 Å². The summed E-state index contributed by atoms with van der Waals surface area (Å²) in [6, 6.07) is 22.2. The van der Waals surface area contributed by atoms with Crippen LogP contribution < -0.4 is 4.52 Å². The number of rotatable bonds is 2. The molecule has 3 nitrogen and oxygen atoms in total. The van der Waals surface area contributed by atoms with Crippen LogP contribution in [0.3, 0.4) is 0 Å². The number of hydrogen-bond donors (Lipinski definition) is 2. The minimum absolute atomic E-state index is 0.495. The summed E-state index contributed by atoms with van der Waals surface area (Å²) >= 11 is 0. The van der Waals surface area contributed by atoms with Gasteiger partial charge in [-0.15, -0.1) is 0 Å². The van der Waals surface area contributed by atoms with E-state index in [1.807, 2.05) is 30.3 Å². The lowest BCUT2D eigenvalue weighted by Crippen LogP contribution is -1.88. The Morgan fingerprint density at radius 3 is 2.14 bits per heavy atom. The molecule has 0 aliphatic carbocycles. The predicted octanol–water partition coefficient (Wildman–Crippen LogP) is 4.74. The van der Waals surface area contributed by atoms with E-state index in [4.69, 9.17) is 4.52 Å². The van der Waals surface area contributed by atoms with E-state index in [2.05, 4.69) is 30.3 Å². The van der Waals surface area contributed by atoms with Gasteiger partial charge in [0.25, 0.3) is 0 Å². The number of benzene rings is 4. The quantitative estimate of drug-likeness (QED) is 0.319. The van der Waals surface area contributed by atoms with Gasteiger partial charge < -0.3 is 14.3 Å². The van der Waals surface area contributed by atoms with Gasteiger partial charge in [0.05, 0.1) is 0 Å². The van der Waals surface area contributed by atoms with Crippen LogP contribution >= 0.6 is 8.60 Å². The van der Waals surface area contributed by atoms with Crippen LogP contribution in [0.2, 0.25) is 0 Å². The zero-order valence-corrected chi connectivity index (χ0v) is 12.5. The Balaban J connectivity index is 2.14. The Morgan fingerprint density at radius 1 is 0.682 bits per heavy atom. The van der Waals surface area contributed by atoms with E-state index in [9.17, 15) is 9.79 Å². The van der Waals surface area contributed by atoms with Crippen LogP contribution in [0, 0.1) is 0 Å². The van der Waals surface area contributed by atoms with E-state index >= 15 is 0 Å². The molecule has 108 valence electrons. The molecule has 0 aliphatic heterocycles. The SMILES string of the molecule is OP(O)Oc1cccc2ccc3cc4ccccc4cc3c12. The molecular weight excluding hydrogens is 295 g/mol. The van der Waals surface area contributed by atoms with Crippen molar-refractivity contribution in [2.45, 2.75) is 0 Å². The Labute approximate surface area is 128 Å². The molecule has 4 rings (SSSR count). The molecule has 22 heavy (non-hydrogen) atoms. The lowest BCUT2D eigenvalue weighted by atomic mass is 9.98. The van der Waals surface area contributed by atoms with Gasteiger partial charge in [-0.2, -0.15) is 0 Å². The second kappa shape index (κ2) is 5.22. The summed E-state index contributed by atoms with van der Waals surface area (Å²) < 4.78 is 5.22. The third-order valence-corrected chi connectivity index (χ3v) is 4.23. The van der Waals surface area contributed by atoms with Crippen molar-refractivity contribution in [1.82, 2.24) is 0 Å². The second-order valence-corrected chi connectivity index (χ2v) is 5.87. The van der Waals surface area contributed by atoms with Crippen LogP contribution in [0.25, 0.3) is 32.3 Å². The highest BCUT2D eigenvalue weighted by Crippen LogP contribution is 2.39. The smallest absolute Gasteiger partial charge is 0.391 e. The maximum absolute atomic E-state index is 9.21. The van der Waals surface area contributed by atoms with E-state index in [1.165, 1.54) is 5.39 Å². The fourth-order valence-electron chi connectivity index (χ4n) is 2.93. The molecule has 0 atom stereocenters. The molecule has 0 saturated heterocycles. The lowest BCUT2D eigenvalue weighted by Gasteiger charge is -2.12. The third kappa shape index (κ3) is 2.20. The Hall–Kier alpha value is -2.19. The summed E-state index contributed by atoms with van der Waals surface area (Å²) in [6.45, 7) is 0. The molecule has 0 fully saturated rings. The van der Waals surface area contributed by atoms with Gasteiger partial charge >= 0.3 is 8.60 Å². The summed E-state index contributed by atoms with van der Waals surface area (Å²) in [7, 11) is -2.44. The van der Waals surface area contributed by atoms with Crippen molar-refractivity contribution in [3.05, 3.63) is 66.7 Å². The van der Waals surface area contributed by atoms with Crippen molar-refractivity contribution < 1.29 is 14.3 Å². The second-order valence-electron chi connectivity index (χ2n) is 5.18. The molecular formula is C18H13O3P. The van der Waals surface area contributed by atoms with Crippen LogP contribution in [-0.2, 0) is 0 Å². The molecule has 0 radical (unpaired) electrons. The average molecular weight is 308 g/mol. The minimum Gasteiger partial charge on any atom is -0.426 e. The molecule has 0 saturated carbocycles. The fraction of sp³-hybridized carbons (Fsp3) is 0. The summed E-state index contributed by atoms with van der Waals surface area (Å²) in [4.78, 5) is 18.4. The minimum atomic E-state index is -2.44. The van der Waals surface area contributed by atoms with Crippen LogP contribution in [0.1, 0.15) is 0 Å².